The Labute approximate surface area is 147 Å². The SMILES string of the molecule is COCCOCCNC(=O)CCCn1c(C)nc2ccccc2c1=O. The lowest BCUT2D eigenvalue weighted by atomic mass is 10.2. The number of carbonyl (C=O) groups excluding carboxylic acids is 1. The number of ether oxygens (including phenoxy) is 2. The van der Waals surface area contributed by atoms with Crippen molar-refractivity contribution in [3.63, 3.8) is 0 Å². The number of aryl methyl sites for hydroxylation is 1. The number of methoxy groups -OCH3 is 1. The molecule has 1 aromatic carbocycles. The van der Waals surface area contributed by atoms with Crippen LogP contribution in [0.1, 0.15) is 18.7 Å². The molecule has 0 saturated carbocycles. The minimum absolute atomic E-state index is 0.0465. The van der Waals surface area contributed by atoms with Crippen molar-refractivity contribution < 1.29 is 14.3 Å². The summed E-state index contributed by atoms with van der Waals surface area (Å²) in [5.41, 5.74) is 0.641. The van der Waals surface area contributed by atoms with Gasteiger partial charge >= 0.3 is 0 Å². The Morgan fingerprint density at radius 3 is 2.84 bits per heavy atom. The molecule has 2 aromatic rings. The van der Waals surface area contributed by atoms with Crippen LogP contribution in [0.25, 0.3) is 10.9 Å². The Hall–Kier alpha value is -2.25. The number of rotatable bonds is 10. The zero-order chi connectivity index (χ0) is 18.1. The van der Waals surface area contributed by atoms with Crippen molar-refractivity contribution in [1.82, 2.24) is 14.9 Å². The Balaban J connectivity index is 1.79. The van der Waals surface area contributed by atoms with Crippen LogP contribution < -0.4 is 10.9 Å². The van der Waals surface area contributed by atoms with Crippen molar-refractivity contribution in [2.75, 3.05) is 33.5 Å². The van der Waals surface area contributed by atoms with Gasteiger partial charge in [0.05, 0.1) is 30.7 Å². The van der Waals surface area contributed by atoms with E-state index >= 15 is 0 Å². The van der Waals surface area contributed by atoms with E-state index in [0.29, 0.717) is 62.5 Å². The molecule has 0 aliphatic carbocycles. The van der Waals surface area contributed by atoms with Crippen molar-refractivity contribution in [2.45, 2.75) is 26.3 Å². The van der Waals surface area contributed by atoms with Gasteiger partial charge in [-0.15, -0.1) is 0 Å². The number of hydrogen-bond donors (Lipinski definition) is 1. The van der Waals surface area contributed by atoms with Crippen LogP contribution in [0.4, 0.5) is 0 Å². The first-order valence-corrected chi connectivity index (χ1v) is 8.43. The quantitative estimate of drug-likeness (QED) is 0.655. The highest BCUT2D eigenvalue weighted by Gasteiger charge is 2.08. The summed E-state index contributed by atoms with van der Waals surface area (Å²) in [6.45, 7) is 4.28. The fourth-order valence-electron chi connectivity index (χ4n) is 2.54. The van der Waals surface area contributed by atoms with Crippen LogP contribution in [-0.2, 0) is 20.8 Å². The van der Waals surface area contributed by atoms with Gasteiger partial charge in [0.15, 0.2) is 0 Å². The molecular formula is C18H25N3O4. The van der Waals surface area contributed by atoms with Gasteiger partial charge in [-0.1, -0.05) is 12.1 Å². The Bertz CT molecular complexity index is 758. The molecule has 7 heteroatoms. The third-order valence-electron chi connectivity index (χ3n) is 3.84. The van der Waals surface area contributed by atoms with E-state index in [0.717, 1.165) is 0 Å². The predicted octanol–water partition coefficient (Wildman–Crippen LogP) is 1.26. The molecule has 1 heterocycles. The zero-order valence-corrected chi connectivity index (χ0v) is 14.8. The second-order valence-electron chi connectivity index (χ2n) is 5.69. The van der Waals surface area contributed by atoms with Gasteiger partial charge in [-0.2, -0.15) is 0 Å². The highest BCUT2D eigenvalue weighted by molar-refractivity contribution is 5.77. The lowest BCUT2D eigenvalue weighted by Gasteiger charge is -2.11. The van der Waals surface area contributed by atoms with Gasteiger partial charge in [0.2, 0.25) is 5.91 Å². The number of hydrogen-bond acceptors (Lipinski definition) is 5. The van der Waals surface area contributed by atoms with Crippen LogP contribution in [0, 0.1) is 6.92 Å². The smallest absolute Gasteiger partial charge is 0.261 e. The molecule has 0 bridgehead atoms. The largest absolute Gasteiger partial charge is 0.382 e. The number of amides is 1. The number of aromatic nitrogens is 2. The fourth-order valence-corrected chi connectivity index (χ4v) is 2.54. The molecular weight excluding hydrogens is 322 g/mol. The molecule has 7 nitrogen and oxygen atoms in total. The summed E-state index contributed by atoms with van der Waals surface area (Å²) in [6.07, 6.45) is 0.938. The zero-order valence-electron chi connectivity index (χ0n) is 14.8. The van der Waals surface area contributed by atoms with E-state index in [1.165, 1.54) is 0 Å². The van der Waals surface area contributed by atoms with Gasteiger partial charge < -0.3 is 14.8 Å². The standard InChI is InChI=1S/C18H25N3O4/c1-14-20-16-7-4-3-6-15(16)18(23)21(14)10-5-8-17(22)19-9-11-25-13-12-24-2/h3-4,6-7H,5,8-13H2,1-2H3,(H,19,22). The summed E-state index contributed by atoms with van der Waals surface area (Å²) in [6, 6.07) is 7.29. The summed E-state index contributed by atoms with van der Waals surface area (Å²) in [5.74, 6) is 0.616. The first-order valence-electron chi connectivity index (χ1n) is 8.43. The van der Waals surface area contributed by atoms with Crippen LogP contribution in [-0.4, -0.2) is 48.9 Å². The molecule has 1 aromatic heterocycles. The van der Waals surface area contributed by atoms with E-state index in [1.54, 1.807) is 17.7 Å². The van der Waals surface area contributed by atoms with Gasteiger partial charge in [-0.25, -0.2) is 4.98 Å². The normalized spacial score (nSPS) is 11.0. The molecule has 1 amide bonds. The minimum Gasteiger partial charge on any atom is -0.382 e. The Morgan fingerprint density at radius 1 is 1.24 bits per heavy atom. The van der Waals surface area contributed by atoms with Crippen LogP contribution in [0.15, 0.2) is 29.1 Å². The molecule has 0 aliphatic heterocycles. The van der Waals surface area contributed by atoms with Crippen LogP contribution in [0.5, 0.6) is 0 Å². The summed E-state index contributed by atoms with van der Waals surface area (Å²) < 4.78 is 11.8. The molecule has 2 rings (SSSR count). The van der Waals surface area contributed by atoms with Crippen molar-refractivity contribution in [3.05, 3.63) is 40.4 Å². The maximum absolute atomic E-state index is 12.5. The highest BCUT2D eigenvalue weighted by atomic mass is 16.5. The molecule has 0 unspecified atom stereocenters. The van der Waals surface area contributed by atoms with E-state index < -0.39 is 0 Å². The van der Waals surface area contributed by atoms with Gasteiger partial charge in [-0.3, -0.25) is 14.2 Å². The third kappa shape index (κ3) is 5.65. The number of carbonyl (C=O) groups is 1. The summed E-state index contributed by atoms with van der Waals surface area (Å²) in [5, 5.41) is 3.40. The molecule has 136 valence electrons. The van der Waals surface area contributed by atoms with E-state index in [-0.39, 0.29) is 11.5 Å². The topological polar surface area (TPSA) is 82.4 Å². The van der Waals surface area contributed by atoms with Gasteiger partial charge in [-0.05, 0) is 25.5 Å². The minimum atomic E-state index is -0.0601. The molecule has 0 saturated heterocycles. The lowest BCUT2D eigenvalue weighted by Crippen LogP contribution is -2.28. The average molecular weight is 347 g/mol. The fraction of sp³-hybridized carbons (Fsp3) is 0.500. The van der Waals surface area contributed by atoms with Gasteiger partial charge in [0.1, 0.15) is 5.82 Å². The molecule has 0 spiro atoms. The number of benzene rings is 1. The van der Waals surface area contributed by atoms with Crippen molar-refractivity contribution >= 4 is 16.8 Å². The summed E-state index contributed by atoms with van der Waals surface area (Å²) >= 11 is 0. The van der Waals surface area contributed by atoms with Gasteiger partial charge in [0.25, 0.3) is 5.56 Å². The van der Waals surface area contributed by atoms with Crippen molar-refractivity contribution in [3.8, 4) is 0 Å². The summed E-state index contributed by atoms with van der Waals surface area (Å²) in [4.78, 5) is 28.8. The number of fused-ring (bicyclic) bond motifs is 1. The van der Waals surface area contributed by atoms with Crippen LogP contribution >= 0.6 is 0 Å². The Kier molecular flexibility index (Phi) is 7.56. The molecule has 0 atom stereocenters. The van der Waals surface area contributed by atoms with Crippen molar-refractivity contribution in [1.29, 1.82) is 0 Å². The molecule has 0 aliphatic rings. The monoisotopic (exact) mass is 347 g/mol. The lowest BCUT2D eigenvalue weighted by molar-refractivity contribution is -0.121. The Morgan fingerprint density at radius 2 is 2.04 bits per heavy atom. The van der Waals surface area contributed by atoms with Crippen LogP contribution in [0.3, 0.4) is 0 Å². The maximum Gasteiger partial charge on any atom is 0.261 e. The van der Waals surface area contributed by atoms with E-state index in [9.17, 15) is 9.59 Å². The van der Waals surface area contributed by atoms with E-state index in [4.69, 9.17) is 9.47 Å². The second-order valence-corrected chi connectivity index (χ2v) is 5.69. The first-order chi connectivity index (χ1) is 12.1. The van der Waals surface area contributed by atoms with Crippen LogP contribution in [0.2, 0.25) is 0 Å². The molecule has 0 fully saturated rings. The number of para-hydroxylation sites is 1. The number of nitrogens with one attached hydrogen (secondary N) is 1. The second kappa shape index (κ2) is 9.90. The summed E-state index contributed by atoms with van der Waals surface area (Å²) in [7, 11) is 1.61. The van der Waals surface area contributed by atoms with E-state index in [2.05, 4.69) is 10.3 Å². The molecule has 25 heavy (non-hydrogen) atoms. The van der Waals surface area contributed by atoms with Crippen molar-refractivity contribution in [2.24, 2.45) is 0 Å². The average Bonchev–Trinajstić information content (AvgIpc) is 2.61. The predicted molar refractivity (Wildman–Crippen MR) is 95.7 cm³/mol. The maximum atomic E-state index is 12.5. The highest BCUT2D eigenvalue weighted by Crippen LogP contribution is 2.08. The number of nitrogens with zero attached hydrogens (tertiary/aromatic N) is 2. The van der Waals surface area contributed by atoms with E-state index in [1.807, 2.05) is 25.1 Å². The third-order valence-corrected chi connectivity index (χ3v) is 3.84. The molecule has 0 radical (unpaired) electrons. The van der Waals surface area contributed by atoms with Gasteiger partial charge in [0, 0.05) is 26.6 Å². The first kappa shape index (κ1) is 19.1. The molecule has 1 N–H and O–H groups in total.